The summed E-state index contributed by atoms with van der Waals surface area (Å²) in [7, 11) is 0.528. The van der Waals surface area contributed by atoms with Crippen LogP contribution in [0.25, 0.3) is 0 Å². The number of hydrogen-bond donors (Lipinski definition) is 0. The molecule has 0 aliphatic carbocycles. The van der Waals surface area contributed by atoms with Gasteiger partial charge in [0.2, 0.25) is 0 Å². The van der Waals surface area contributed by atoms with Crippen molar-refractivity contribution >= 4 is 14.4 Å². The predicted molar refractivity (Wildman–Crippen MR) is 63.7 cm³/mol. The zero-order chi connectivity index (χ0) is 12.7. The van der Waals surface area contributed by atoms with Gasteiger partial charge in [0.25, 0.3) is 0 Å². The van der Waals surface area contributed by atoms with Crippen LogP contribution in [0.5, 0.6) is 0 Å². The zero-order valence-electron chi connectivity index (χ0n) is 10.5. The van der Waals surface area contributed by atoms with E-state index in [1.54, 1.807) is 0 Å². The average molecular weight is 247 g/mol. The number of rotatable bonds is 6. The van der Waals surface area contributed by atoms with Crippen molar-refractivity contribution < 1.29 is 18.8 Å². The molecule has 92 valence electrons. The summed E-state index contributed by atoms with van der Waals surface area (Å²) in [5, 5.41) is 0. The first-order valence-corrected chi connectivity index (χ1v) is 6.18. The van der Waals surface area contributed by atoms with Crippen LogP contribution in [0.15, 0.2) is 11.1 Å². The van der Waals surface area contributed by atoms with E-state index in [0.717, 1.165) is 0 Å². The molecular weight excluding hydrogens is 227 g/mol. The van der Waals surface area contributed by atoms with Crippen LogP contribution in [0.1, 0.15) is 27.7 Å². The van der Waals surface area contributed by atoms with Gasteiger partial charge in [-0.25, -0.2) is 4.79 Å². The molecule has 0 amide bonds. The van der Waals surface area contributed by atoms with Crippen LogP contribution in [-0.2, 0) is 18.8 Å². The van der Waals surface area contributed by atoms with E-state index in [-0.39, 0.29) is 11.4 Å². The zero-order valence-corrected chi connectivity index (χ0v) is 11.5. The van der Waals surface area contributed by atoms with Gasteiger partial charge in [-0.1, -0.05) is 32.3 Å². The lowest BCUT2D eigenvalue weighted by Gasteiger charge is -2.10. The lowest BCUT2D eigenvalue weighted by molar-refractivity contribution is -0.136. The lowest BCUT2D eigenvalue weighted by Crippen LogP contribution is -2.14. The molecule has 0 saturated carbocycles. The smallest absolute Gasteiger partial charge is 0.402 e. The topological polar surface area (TPSA) is 52.6 Å². The molecule has 0 aromatic rings. The van der Waals surface area contributed by atoms with E-state index in [2.05, 4.69) is 4.74 Å². The molecule has 0 heterocycles. The van der Waals surface area contributed by atoms with E-state index in [4.69, 9.17) is 4.74 Å². The number of hydrogen-bond acceptors (Lipinski definition) is 4. The molecule has 1 unspecified atom stereocenters. The molecule has 0 spiro atoms. The monoisotopic (exact) mass is 247 g/mol. The molecule has 0 saturated heterocycles. The highest BCUT2D eigenvalue weighted by Crippen LogP contribution is 2.25. The number of carbonyl (C=O) groups excluding carboxylic acids is 1. The average Bonchev–Trinajstić information content (AvgIpc) is 2.22. The van der Waals surface area contributed by atoms with Crippen LogP contribution in [-0.4, -0.2) is 19.7 Å². The Morgan fingerprint density at radius 2 is 1.81 bits per heavy atom. The molecule has 0 radical (unpaired) electrons. The highest BCUT2D eigenvalue weighted by Gasteiger charge is 2.26. The number of methoxy groups -OCH3 is 1. The normalized spacial score (nSPS) is 12.9. The van der Waals surface area contributed by atoms with Crippen molar-refractivity contribution in [3.05, 3.63) is 11.1 Å². The van der Waals surface area contributed by atoms with Crippen LogP contribution >= 0.6 is 8.46 Å². The Labute approximate surface area is 98.2 Å². The standard InChI is InChI=1S/C11H19O4P/c1-7(2)6-15-11(16-13)9(8(3)4)10(12)14-5/h7-8H,6H2,1-5H3/p+1. The van der Waals surface area contributed by atoms with Crippen molar-refractivity contribution in [3.8, 4) is 0 Å². The highest BCUT2D eigenvalue weighted by molar-refractivity contribution is 7.29. The fourth-order valence-electron chi connectivity index (χ4n) is 1.11. The molecule has 0 aromatic carbocycles. The molecule has 0 N–H and O–H groups in total. The van der Waals surface area contributed by atoms with E-state index < -0.39 is 14.4 Å². The molecule has 1 atom stereocenters. The molecule has 0 fully saturated rings. The number of ether oxygens (including phenoxy) is 2. The summed E-state index contributed by atoms with van der Waals surface area (Å²) in [6, 6.07) is 0. The summed E-state index contributed by atoms with van der Waals surface area (Å²) in [4.78, 5) is 11.5. The Morgan fingerprint density at radius 3 is 2.12 bits per heavy atom. The SMILES string of the molecule is COC(=O)C(=C(OCC(C)C)[PH+]=O)C(C)C. The molecule has 4 nitrogen and oxygen atoms in total. The van der Waals surface area contributed by atoms with Crippen LogP contribution in [0.2, 0.25) is 0 Å². The van der Waals surface area contributed by atoms with Gasteiger partial charge < -0.3 is 9.47 Å². The van der Waals surface area contributed by atoms with E-state index in [0.29, 0.717) is 18.1 Å². The van der Waals surface area contributed by atoms with Crippen LogP contribution in [0.3, 0.4) is 0 Å². The molecule has 0 rings (SSSR count). The predicted octanol–water partition coefficient (Wildman–Crippen LogP) is 2.72. The lowest BCUT2D eigenvalue weighted by atomic mass is 10.1. The van der Waals surface area contributed by atoms with Gasteiger partial charge in [0, 0.05) is 0 Å². The summed E-state index contributed by atoms with van der Waals surface area (Å²) >= 11 is 0. The Balaban J connectivity index is 5.01. The van der Waals surface area contributed by atoms with E-state index in [1.807, 2.05) is 27.7 Å². The Bertz CT molecular complexity index is 282. The maximum Gasteiger partial charge on any atom is 0.402 e. The molecule has 0 bridgehead atoms. The van der Waals surface area contributed by atoms with Gasteiger partial charge in [-0.15, -0.1) is 0 Å². The first-order chi connectivity index (χ1) is 7.43. The summed E-state index contributed by atoms with van der Waals surface area (Å²) in [6.45, 7) is 8.09. The second-order valence-corrected chi connectivity index (χ2v) is 4.85. The maximum absolute atomic E-state index is 11.5. The molecular formula is C11H20O4P+. The van der Waals surface area contributed by atoms with E-state index in [9.17, 15) is 9.36 Å². The summed E-state index contributed by atoms with van der Waals surface area (Å²) < 4.78 is 21.1. The molecule has 5 heteroatoms. The van der Waals surface area contributed by atoms with Gasteiger partial charge in [0.15, 0.2) is 0 Å². The summed E-state index contributed by atoms with van der Waals surface area (Å²) in [5.41, 5.74) is 0.590. The van der Waals surface area contributed by atoms with Crippen molar-refractivity contribution in [1.82, 2.24) is 0 Å². The minimum atomic E-state index is -0.776. The van der Waals surface area contributed by atoms with Crippen molar-refractivity contribution in [2.24, 2.45) is 11.8 Å². The Kier molecular flexibility index (Phi) is 6.98. The van der Waals surface area contributed by atoms with Gasteiger partial charge in [0.1, 0.15) is 5.57 Å². The molecule has 0 aliphatic rings. The Morgan fingerprint density at radius 1 is 1.25 bits per heavy atom. The van der Waals surface area contributed by atoms with Crippen LogP contribution in [0, 0.1) is 11.8 Å². The van der Waals surface area contributed by atoms with Gasteiger partial charge in [-0.3, -0.25) is 0 Å². The summed E-state index contributed by atoms with van der Waals surface area (Å²) in [5.74, 6) is -0.231. The van der Waals surface area contributed by atoms with Gasteiger partial charge in [-0.05, 0) is 11.8 Å². The minimum absolute atomic E-state index is 0.0731. The minimum Gasteiger partial charge on any atom is -0.465 e. The number of carbonyl (C=O) groups is 1. The third-order valence-corrected chi connectivity index (χ3v) is 2.48. The third kappa shape index (κ3) is 4.75. The van der Waals surface area contributed by atoms with Crippen molar-refractivity contribution in [2.75, 3.05) is 13.7 Å². The highest BCUT2D eigenvalue weighted by atomic mass is 31.1. The fourth-order valence-corrected chi connectivity index (χ4v) is 1.76. The van der Waals surface area contributed by atoms with Gasteiger partial charge >= 0.3 is 19.9 Å². The van der Waals surface area contributed by atoms with Crippen molar-refractivity contribution in [2.45, 2.75) is 27.7 Å². The first kappa shape index (κ1) is 15.1. The largest absolute Gasteiger partial charge is 0.465 e. The third-order valence-electron chi connectivity index (χ3n) is 1.88. The van der Waals surface area contributed by atoms with Gasteiger partial charge in [0.05, 0.1) is 13.7 Å². The van der Waals surface area contributed by atoms with Crippen LogP contribution < -0.4 is 0 Å². The van der Waals surface area contributed by atoms with Crippen LogP contribution in [0.4, 0.5) is 0 Å². The van der Waals surface area contributed by atoms with Crippen molar-refractivity contribution in [1.29, 1.82) is 0 Å². The second-order valence-electron chi connectivity index (χ2n) is 4.20. The summed E-state index contributed by atoms with van der Waals surface area (Å²) in [6.07, 6.45) is 0. The quantitative estimate of drug-likeness (QED) is 0.313. The van der Waals surface area contributed by atoms with E-state index in [1.165, 1.54) is 7.11 Å². The maximum atomic E-state index is 11.5. The first-order valence-electron chi connectivity index (χ1n) is 5.27. The Hall–Kier alpha value is -0.890. The molecule has 0 aromatic heterocycles. The van der Waals surface area contributed by atoms with Crippen molar-refractivity contribution in [3.63, 3.8) is 0 Å². The second kappa shape index (κ2) is 7.39. The number of esters is 1. The molecule has 16 heavy (non-hydrogen) atoms. The van der Waals surface area contributed by atoms with E-state index >= 15 is 0 Å². The molecule has 0 aliphatic heterocycles. The van der Waals surface area contributed by atoms with Gasteiger partial charge in [-0.2, -0.15) is 0 Å². The fraction of sp³-hybridized carbons (Fsp3) is 0.727.